The molecule has 114 valence electrons. The van der Waals surface area contributed by atoms with Crippen molar-refractivity contribution in [3.05, 3.63) is 33.9 Å². The highest BCUT2D eigenvalue weighted by atomic mass is 16.6. The summed E-state index contributed by atoms with van der Waals surface area (Å²) in [7, 11) is 1.60. The molecule has 0 spiro atoms. The van der Waals surface area contributed by atoms with Crippen LogP contribution in [0.25, 0.3) is 0 Å². The van der Waals surface area contributed by atoms with E-state index in [1.54, 1.807) is 19.2 Å². The quantitative estimate of drug-likeness (QED) is 0.660. The van der Waals surface area contributed by atoms with Crippen molar-refractivity contribution in [1.82, 2.24) is 5.32 Å². The number of carbonyl (C=O) groups excluding carboxylic acids is 1. The van der Waals surface area contributed by atoms with Crippen molar-refractivity contribution in [3.8, 4) is 0 Å². The summed E-state index contributed by atoms with van der Waals surface area (Å²) in [5, 5.41) is 16.9. The molecule has 1 saturated carbocycles. The summed E-state index contributed by atoms with van der Waals surface area (Å²) in [6, 6.07) is 4.82. The smallest absolute Gasteiger partial charge is 0.305 e. The Kier molecular flexibility index (Phi) is 4.16. The van der Waals surface area contributed by atoms with Gasteiger partial charge in [-0.05, 0) is 36.8 Å². The van der Waals surface area contributed by atoms with Crippen LogP contribution < -0.4 is 10.6 Å². The number of para-hydroxylation sites is 1. The largest absolute Gasteiger partial charge is 0.383 e. The summed E-state index contributed by atoms with van der Waals surface area (Å²) >= 11 is 0. The standard InChI is InChI=1S/C15H21N3O3/c1-15(2)8-7-10(9-15)17-14(19)11-5-4-6-12(16-3)13(11)18(20)21/h4-6,10,16H,7-9H2,1-3H3,(H,17,19). The number of nitrogens with one attached hydrogen (secondary N) is 2. The Morgan fingerprint density at radius 3 is 2.67 bits per heavy atom. The first-order valence-electron chi connectivity index (χ1n) is 7.10. The number of nitrogens with zero attached hydrogens (tertiary/aromatic N) is 1. The van der Waals surface area contributed by atoms with Gasteiger partial charge in [-0.3, -0.25) is 14.9 Å². The fraction of sp³-hybridized carbons (Fsp3) is 0.533. The molecule has 1 amide bonds. The van der Waals surface area contributed by atoms with Gasteiger partial charge in [0.05, 0.1) is 4.92 Å². The van der Waals surface area contributed by atoms with E-state index in [4.69, 9.17) is 0 Å². The molecule has 1 aromatic rings. The van der Waals surface area contributed by atoms with Crippen LogP contribution in [0.5, 0.6) is 0 Å². The van der Waals surface area contributed by atoms with Crippen LogP contribution in [0.1, 0.15) is 43.5 Å². The van der Waals surface area contributed by atoms with E-state index in [0.717, 1.165) is 19.3 Å². The molecule has 0 aliphatic heterocycles. The zero-order chi connectivity index (χ0) is 15.6. The number of amides is 1. The molecule has 0 aromatic heterocycles. The van der Waals surface area contributed by atoms with Gasteiger partial charge in [-0.2, -0.15) is 0 Å². The third-order valence-corrected chi connectivity index (χ3v) is 4.04. The van der Waals surface area contributed by atoms with Crippen molar-refractivity contribution in [2.45, 2.75) is 39.2 Å². The van der Waals surface area contributed by atoms with Crippen LogP contribution in [0.2, 0.25) is 0 Å². The minimum atomic E-state index is -0.515. The van der Waals surface area contributed by atoms with E-state index in [1.807, 2.05) is 0 Å². The van der Waals surface area contributed by atoms with E-state index in [9.17, 15) is 14.9 Å². The average molecular weight is 291 g/mol. The summed E-state index contributed by atoms with van der Waals surface area (Å²) in [4.78, 5) is 23.1. The SMILES string of the molecule is CNc1cccc(C(=O)NC2CCC(C)(C)C2)c1[N+](=O)[O-]. The van der Waals surface area contributed by atoms with E-state index in [0.29, 0.717) is 5.69 Å². The molecule has 0 heterocycles. The molecule has 2 rings (SSSR count). The third kappa shape index (κ3) is 3.32. The molecule has 0 radical (unpaired) electrons. The summed E-state index contributed by atoms with van der Waals surface area (Å²) in [6.45, 7) is 4.34. The van der Waals surface area contributed by atoms with Crippen LogP contribution in [-0.2, 0) is 0 Å². The maximum atomic E-state index is 12.4. The first kappa shape index (κ1) is 15.3. The van der Waals surface area contributed by atoms with Crippen molar-refractivity contribution >= 4 is 17.3 Å². The van der Waals surface area contributed by atoms with Crippen molar-refractivity contribution in [1.29, 1.82) is 0 Å². The number of anilines is 1. The lowest BCUT2D eigenvalue weighted by Gasteiger charge is -2.18. The number of nitro benzene ring substituents is 1. The van der Waals surface area contributed by atoms with E-state index in [1.165, 1.54) is 6.07 Å². The predicted molar refractivity (Wildman–Crippen MR) is 81.5 cm³/mol. The fourth-order valence-corrected chi connectivity index (χ4v) is 2.95. The van der Waals surface area contributed by atoms with Crippen molar-refractivity contribution in [2.75, 3.05) is 12.4 Å². The van der Waals surface area contributed by atoms with Gasteiger partial charge in [0, 0.05) is 13.1 Å². The molecular formula is C15H21N3O3. The van der Waals surface area contributed by atoms with Crippen molar-refractivity contribution < 1.29 is 9.72 Å². The third-order valence-electron chi connectivity index (χ3n) is 4.04. The first-order valence-corrected chi connectivity index (χ1v) is 7.10. The van der Waals surface area contributed by atoms with Crippen molar-refractivity contribution in [3.63, 3.8) is 0 Å². The predicted octanol–water partition coefficient (Wildman–Crippen LogP) is 2.95. The van der Waals surface area contributed by atoms with Crippen LogP contribution in [0.15, 0.2) is 18.2 Å². The summed E-state index contributed by atoms with van der Waals surface area (Å²) in [5.41, 5.74) is 0.502. The molecule has 1 aromatic carbocycles. The monoisotopic (exact) mass is 291 g/mol. The van der Waals surface area contributed by atoms with Gasteiger partial charge >= 0.3 is 5.69 Å². The summed E-state index contributed by atoms with van der Waals surface area (Å²) < 4.78 is 0. The Hall–Kier alpha value is -2.11. The molecule has 1 aliphatic rings. The Bertz CT molecular complexity index is 569. The van der Waals surface area contributed by atoms with Gasteiger partial charge in [0.25, 0.3) is 5.91 Å². The number of rotatable bonds is 4. The van der Waals surface area contributed by atoms with Gasteiger partial charge in [0.15, 0.2) is 0 Å². The number of nitro groups is 1. The van der Waals surface area contributed by atoms with E-state index in [-0.39, 0.29) is 28.6 Å². The maximum Gasteiger partial charge on any atom is 0.305 e. The molecule has 6 nitrogen and oxygen atoms in total. The number of hydrogen-bond donors (Lipinski definition) is 2. The molecule has 1 fully saturated rings. The zero-order valence-corrected chi connectivity index (χ0v) is 12.6. The number of hydrogen-bond acceptors (Lipinski definition) is 4. The average Bonchev–Trinajstić information content (AvgIpc) is 2.76. The van der Waals surface area contributed by atoms with E-state index < -0.39 is 4.92 Å². The lowest BCUT2D eigenvalue weighted by molar-refractivity contribution is -0.384. The Morgan fingerprint density at radius 1 is 1.43 bits per heavy atom. The van der Waals surface area contributed by atoms with Gasteiger partial charge in [-0.25, -0.2) is 0 Å². The Balaban J connectivity index is 2.22. The highest BCUT2D eigenvalue weighted by Crippen LogP contribution is 2.37. The van der Waals surface area contributed by atoms with Crippen LogP contribution in [0.4, 0.5) is 11.4 Å². The molecule has 1 atom stereocenters. The van der Waals surface area contributed by atoms with Crippen LogP contribution >= 0.6 is 0 Å². The molecule has 6 heteroatoms. The van der Waals surface area contributed by atoms with Gasteiger partial charge in [-0.15, -0.1) is 0 Å². The lowest BCUT2D eigenvalue weighted by Crippen LogP contribution is -2.34. The second-order valence-corrected chi connectivity index (χ2v) is 6.29. The summed E-state index contributed by atoms with van der Waals surface area (Å²) in [5.74, 6) is -0.374. The second kappa shape index (κ2) is 5.71. The Labute approximate surface area is 124 Å². The molecule has 1 unspecified atom stereocenters. The second-order valence-electron chi connectivity index (χ2n) is 6.29. The molecule has 0 saturated heterocycles. The van der Waals surface area contributed by atoms with E-state index in [2.05, 4.69) is 24.5 Å². The lowest BCUT2D eigenvalue weighted by atomic mass is 9.92. The van der Waals surface area contributed by atoms with Gasteiger partial charge < -0.3 is 10.6 Å². The number of carbonyl (C=O) groups is 1. The summed E-state index contributed by atoms with van der Waals surface area (Å²) in [6.07, 6.45) is 2.87. The normalized spacial score (nSPS) is 20.0. The molecule has 0 bridgehead atoms. The molecule has 2 N–H and O–H groups in total. The van der Waals surface area contributed by atoms with Crippen LogP contribution in [0, 0.1) is 15.5 Å². The fourth-order valence-electron chi connectivity index (χ4n) is 2.95. The Morgan fingerprint density at radius 2 is 2.14 bits per heavy atom. The van der Waals surface area contributed by atoms with Gasteiger partial charge in [-0.1, -0.05) is 19.9 Å². The molecular weight excluding hydrogens is 270 g/mol. The first-order chi connectivity index (χ1) is 9.84. The minimum absolute atomic E-state index is 0.0883. The maximum absolute atomic E-state index is 12.4. The highest BCUT2D eigenvalue weighted by Gasteiger charge is 2.33. The minimum Gasteiger partial charge on any atom is -0.383 e. The number of benzene rings is 1. The molecule has 21 heavy (non-hydrogen) atoms. The van der Waals surface area contributed by atoms with Gasteiger partial charge in [0.2, 0.25) is 0 Å². The van der Waals surface area contributed by atoms with E-state index >= 15 is 0 Å². The molecule has 1 aliphatic carbocycles. The van der Waals surface area contributed by atoms with Crippen LogP contribution in [-0.4, -0.2) is 23.9 Å². The van der Waals surface area contributed by atoms with Gasteiger partial charge in [0.1, 0.15) is 11.3 Å². The van der Waals surface area contributed by atoms with Crippen molar-refractivity contribution in [2.24, 2.45) is 5.41 Å². The van der Waals surface area contributed by atoms with Crippen LogP contribution in [0.3, 0.4) is 0 Å². The highest BCUT2D eigenvalue weighted by molar-refractivity contribution is 6.00. The zero-order valence-electron chi connectivity index (χ0n) is 12.6. The topological polar surface area (TPSA) is 84.3 Å².